The van der Waals surface area contributed by atoms with Crippen molar-refractivity contribution >= 4 is 32.8 Å². The van der Waals surface area contributed by atoms with Gasteiger partial charge in [0.15, 0.2) is 0 Å². The predicted octanol–water partition coefficient (Wildman–Crippen LogP) is 13.3. The lowest BCUT2D eigenvalue weighted by Crippen LogP contribution is -2.11. The van der Waals surface area contributed by atoms with Gasteiger partial charge in [0.05, 0.1) is 16.9 Å². The van der Waals surface area contributed by atoms with Gasteiger partial charge in [0.1, 0.15) is 11.5 Å². The highest BCUT2D eigenvalue weighted by Gasteiger charge is 2.21. The number of fused-ring (bicyclic) bond motifs is 4. The van der Waals surface area contributed by atoms with Crippen LogP contribution in [0.2, 0.25) is 0 Å². The first-order valence-electron chi connectivity index (χ1n) is 18.8. The topological polar surface area (TPSA) is 46.5 Å². The number of benzene rings is 5. The van der Waals surface area contributed by atoms with Gasteiger partial charge in [0, 0.05) is 39.0 Å². The summed E-state index contributed by atoms with van der Waals surface area (Å²) in [6, 6.07) is 52.6. The Morgan fingerprint density at radius 1 is 0.500 bits per heavy atom. The lowest BCUT2D eigenvalue weighted by Gasteiger charge is -2.22. The summed E-state index contributed by atoms with van der Waals surface area (Å²) in [5.74, 6) is 1.00. The highest BCUT2D eigenvalue weighted by atomic mass is 15.1. The Morgan fingerprint density at radius 2 is 1.19 bits per heavy atom. The van der Waals surface area contributed by atoms with Crippen molar-refractivity contribution in [3.05, 3.63) is 163 Å². The average molecular weight is 701 g/mol. The van der Waals surface area contributed by atoms with E-state index in [1.54, 1.807) is 0 Å². The number of pyridine rings is 2. The fourth-order valence-corrected chi connectivity index (χ4v) is 7.68. The minimum atomic E-state index is -0.0116. The quantitative estimate of drug-likeness (QED) is 0.194. The number of hydrogen-bond donors (Lipinski definition) is 1. The Kier molecular flexibility index (Phi) is 7.90. The summed E-state index contributed by atoms with van der Waals surface area (Å²) in [5, 5.41) is 3.49. The molecule has 0 bridgehead atoms. The second-order valence-electron chi connectivity index (χ2n) is 16.5. The molecular formula is C50H44N4. The van der Waals surface area contributed by atoms with Gasteiger partial charge in [-0.25, -0.2) is 4.98 Å². The molecule has 0 aliphatic rings. The fourth-order valence-electron chi connectivity index (χ4n) is 7.68. The average Bonchev–Trinajstić information content (AvgIpc) is 3.75. The number of nitrogens with zero attached hydrogens (tertiary/aromatic N) is 3. The van der Waals surface area contributed by atoms with Crippen molar-refractivity contribution in [2.45, 2.75) is 52.4 Å². The second kappa shape index (κ2) is 12.7. The molecule has 54 heavy (non-hydrogen) atoms. The molecule has 0 spiro atoms. The van der Waals surface area contributed by atoms with Crippen molar-refractivity contribution in [2.75, 3.05) is 0 Å². The summed E-state index contributed by atoms with van der Waals surface area (Å²) in [5.41, 5.74) is 14.4. The van der Waals surface area contributed by atoms with Crippen LogP contribution in [0.3, 0.4) is 0 Å². The van der Waals surface area contributed by atoms with Crippen LogP contribution in [0.15, 0.2) is 152 Å². The standard InChI is InChI=1S/C50H44N4/c1-49(2,3)37-20-23-44-36(29-37)30-47(52-44)54-46-18-11-10-16-40(46)41-22-24-45(53-48(41)54)35-27-33(26-34(28-35)43-17-12-13-25-51-43)42-31-38(50(4,5)6)19-21-39(42)32-14-8-7-9-15-32/h7-31,52H,1-6H3. The Bertz CT molecular complexity index is 2830. The van der Waals surface area contributed by atoms with Crippen molar-refractivity contribution in [2.24, 2.45) is 0 Å². The lowest BCUT2D eigenvalue weighted by atomic mass is 9.82. The third kappa shape index (κ3) is 5.98. The third-order valence-electron chi connectivity index (χ3n) is 10.7. The Hall–Kier alpha value is -6.26. The number of aromatic nitrogens is 4. The first-order valence-corrected chi connectivity index (χ1v) is 18.8. The van der Waals surface area contributed by atoms with Gasteiger partial charge in [0.2, 0.25) is 0 Å². The zero-order valence-electron chi connectivity index (χ0n) is 31.8. The number of nitrogens with one attached hydrogen (secondary N) is 1. The number of hydrogen-bond acceptors (Lipinski definition) is 2. The molecule has 4 nitrogen and oxygen atoms in total. The molecule has 0 fully saturated rings. The summed E-state index contributed by atoms with van der Waals surface area (Å²) in [6.45, 7) is 13.6. The molecule has 4 heterocycles. The van der Waals surface area contributed by atoms with E-state index in [2.05, 4.69) is 191 Å². The van der Waals surface area contributed by atoms with E-state index in [1.807, 2.05) is 12.3 Å². The molecule has 4 aromatic heterocycles. The zero-order valence-corrected chi connectivity index (χ0v) is 31.8. The van der Waals surface area contributed by atoms with Crippen LogP contribution in [0.1, 0.15) is 52.7 Å². The van der Waals surface area contributed by atoms with Crippen LogP contribution in [-0.2, 0) is 10.8 Å². The number of rotatable bonds is 5. The Labute approximate surface area is 317 Å². The van der Waals surface area contributed by atoms with Crippen molar-refractivity contribution in [3.63, 3.8) is 0 Å². The van der Waals surface area contributed by atoms with E-state index >= 15 is 0 Å². The van der Waals surface area contributed by atoms with Crippen LogP contribution >= 0.6 is 0 Å². The van der Waals surface area contributed by atoms with E-state index in [-0.39, 0.29) is 10.8 Å². The normalized spacial score (nSPS) is 12.3. The van der Waals surface area contributed by atoms with Gasteiger partial charge >= 0.3 is 0 Å². The molecule has 264 valence electrons. The molecule has 1 N–H and O–H groups in total. The molecule has 0 aliphatic heterocycles. The Morgan fingerprint density at radius 3 is 1.94 bits per heavy atom. The Balaban J connectivity index is 1.28. The van der Waals surface area contributed by atoms with Gasteiger partial charge in [-0.2, -0.15) is 0 Å². The maximum atomic E-state index is 5.52. The van der Waals surface area contributed by atoms with Crippen molar-refractivity contribution in [1.29, 1.82) is 0 Å². The number of para-hydroxylation sites is 1. The van der Waals surface area contributed by atoms with Crippen LogP contribution in [-0.4, -0.2) is 19.5 Å². The van der Waals surface area contributed by atoms with E-state index in [9.17, 15) is 0 Å². The molecule has 0 saturated carbocycles. The predicted molar refractivity (Wildman–Crippen MR) is 227 cm³/mol. The van der Waals surface area contributed by atoms with Crippen LogP contribution in [0.4, 0.5) is 0 Å². The van der Waals surface area contributed by atoms with E-state index in [4.69, 9.17) is 9.97 Å². The summed E-state index contributed by atoms with van der Waals surface area (Å²) in [4.78, 5) is 14.1. The minimum absolute atomic E-state index is 0.0116. The minimum Gasteiger partial charge on any atom is -0.341 e. The molecule has 0 aliphatic carbocycles. The van der Waals surface area contributed by atoms with E-state index in [0.717, 1.165) is 56.0 Å². The highest BCUT2D eigenvalue weighted by Crippen LogP contribution is 2.40. The largest absolute Gasteiger partial charge is 0.341 e. The van der Waals surface area contributed by atoms with Gasteiger partial charge in [0.25, 0.3) is 0 Å². The van der Waals surface area contributed by atoms with Gasteiger partial charge in [-0.1, -0.05) is 120 Å². The van der Waals surface area contributed by atoms with Gasteiger partial charge in [-0.3, -0.25) is 9.55 Å². The molecule has 9 rings (SSSR count). The molecule has 0 saturated heterocycles. The molecule has 9 aromatic rings. The lowest BCUT2D eigenvalue weighted by molar-refractivity contribution is 0.590. The van der Waals surface area contributed by atoms with Gasteiger partial charge < -0.3 is 4.98 Å². The van der Waals surface area contributed by atoms with Gasteiger partial charge in [-0.15, -0.1) is 0 Å². The zero-order chi connectivity index (χ0) is 37.2. The van der Waals surface area contributed by atoms with Crippen molar-refractivity contribution < 1.29 is 0 Å². The summed E-state index contributed by atoms with van der Waals surface area (Å²) >= 11 is 0. The second-order valence-corrected chi connectivity index (χ2v) is 16.5. The van der Waals surface area contributed by atoms with Crippen molar-refractivity contribution in [3.8, 4) is 50.6 Å². The SMILES string of the molecule is CC(C)(C)c1ccc(-c2ccccc2)c(-c2cc(-c3ccccn3)cc(-c3ccc4c5ccccc5n(-c5cc6cc(C(C)(C)C)ccc6[nH]5)c4n3)c2)c1. The van der Waals surface area contributed by atoms with Crippen molar-refractivity contribution in [1.82, 2.24) is 19.5 Å². The smallest absolute Gasteiger partial charge is 0.147 e. The first-order chi connectivity index (χ1) is 26.0. The highest BCUT2D eigenvalue weighted by molar-refractivity contribution is 6.08. The monoisotopic (exact) mass is 700 g/mol. The van der Waals surface area contributed by atoms with Crippen LogP contribution in [0.5, 0.6) is 0 Å². The van der Waals surface area contributed by atoms with Crippen LogP contribution in [0.25, 0.3) is 83.4 Å². The number of H-pyrrole nitrogens is 1. The van der Waals surface area contributed by atoms with E-state index < -0.39 is 0 Å². The maximum absolute atomic E-state index is 5.52. The maximum Gasteiger partial charge on any atom is 0.147 e. The summed E-state index contributed by atoms with van der Waals surface area (Å²) < 4.78 is 2.29. The van der Waals surface area contributed by atoms with E-state index in [1.165, 1.54) is 38.6 Å². The summed E-state index contributed by atoms with van der Waals surface area (Å²) in [7, 11) is 0. The molecule has 4 heteroatoms. The fraction of sp³-hybridized carbons (Fsp3) is 0.160. The molecule has 0 unspecified atom stereocenters. The molecule has 0 amide bonds. The molecular weight excluding hydrogens is 657 g/mol. The first kappa shape index (κ1) is 33.6. The van der Waals surface area contributed by atoms with Gasteiger partial charge in [-0.05, 0) is 111 Å². The van der Waals surface area contributed by atoms with E-state index in [0.29, 0.717) is 0 Å². The molecule has 0 radical (unpaired) electrons. The number of aromatic amines is 1. The summed E-state index contributed by atoms with van der Waals surface area (Å²) in [6.07, 6.45) is 1.87. The van der Waals surface area contributed by atoms with Crippen LogP contribution in [0, 0.1) is 0 Å². The molecule has 5 aromatic carbocycles. The van der Waals surface area contributed by atoms with Crippen LogP contribution < -0.4 is 0 Å². The molecule has 0 atom stereocenters. The third-order valence-corrected chi connectivity index (χ3v) is 10.7.